The molecule has 0 atom stereocenters. The lowest BCUT2D eigenvalue weighted by Crippen LogP contribution is -2.08. The summed E-state index contributed by atoms with van der Waals surface area (Å²) in [4.78, 5) is 12.8. The van der Waals surface area contributed by atoms with Gasteiger partial charge in [-0.1, -0.05) is 30.3 Å². The molecule has 0 unspecified atom stereocenters. The predicted molar refractivity (Wildman–Crippen MR) is 95.6 cm³/mol. The van der Waals surface area contributed by atoms with E-state index in [-0.39, 0.29) is 0 Å². The van der Waals surface area contributed by atoms with Gasteiger partial charge in [0.2, 0.25) is 0 Å². The molecule has 2 aromatic heterocycles. The maximum absolute atomic E-state index is 5.57. The van der Waals surface area contributed by atoms with E-state index in [1.54, 1.807) is 0 Å². The number of nitrogens with one attached hydrogen (secondary N) is 2. The van der Waals surface area contributed by atoms with E-state index in [0.29, 0.717) is 0 Å². The topological polar surface area (TPSA) is 79.6 Å². The largest absolute Gasteiger partial charge is 0.369 e. The summed E-state index contributed by atoms with van der Waals surface area (Å²) >= 11 is 0. The van der Waals surface area contributed by atoms with Crippen molar-refractivity contribution in [3.8, 4) is 11.4 Å². The highest BCUT2D eigenvalue weighted by Gasteiger charge is 2.14. The van der Waals surface area contributed by atoms with Crippen LogP contribution in [0.5, 0.6) is 0 Å². The Morgan fingerprint density at radius 2 is 1.87 bits per heavy atom. The van der Waals surface area contributed by atoms with Crippen LogP contribution in [0.4, 0.5) is 5.82 Å². The maximum atomic E-state index is 5.57. The van der Waals surface area contributed by atoms with Crippen molar-refractivity contribution in [3.05, 3.63) is 41.6 Å². The molecule has 0 saturated carbocycles. The average molecular weight is 309 g/mol. The predicted octanol–water partition coefficient (Wildman–Crippen LogP) is 3.39. The molecule has 3 aromatic rings. The maximum Gasteiger partial charge on any atom is 0.163 e. The first kappa shape index (κ1) is 15.5. The minimum absolute atomic E-state index is 0.721. The number of rotatable bonds is 6. The van der Waals surface area contributed by atoms with Gasteiger partial charge in [-0.25, -0.2) is 9.97 Å². The molecule has 0 fully saturated rings. The number of aryl methyl sites for hydroxylation is 2. The number of hydrogen-bond donors (Lipinski definition) is 3. The Balaban J connectivity index is 2.03. The molecule has 23 heavy (non-hydrogen) atoms. The lowest BCUT2D eigenvalue weighted by Gasteiger charge is -2.09. The molecule has 0 amide bonds. The van der Waals surface area contributed by atoms with Crippen molar-refractivity contribution in [3.63, 3.8) is 0 Å². The highest BCUT2D eigenvalue weighted by Crippen LogP contribution is 2.29. The van der Waals surface area contributed by atoms with E-state index < -0.39 is 0 Å². The van der Waals surface area contributed by atoms with Crippen LogP contribution in [-0.2, 0) is 0 Å². The molecule has 0 spiro atoms. The third-order valence-corrected chi connectivity index (χ3v) is 4.11. The summed E-state index contributed by atoms with van der Waals surface area (Å²) in [5, 5.41) is 4.54. The van der Waals surface area contributed by atoms with Gasteiger partial charge in [0.05, 0.1) is 5.39 Å². The van der Waals surface area contributed by atoms with E-state index in [1.165, 1.54) is 5.56 Å². The number of aromatic amines is 1. The third kappa shape index (κ3) is 3.19. The second-order valence-electron chi connectivity index (χ2n) is 5.78. The molecule has 1 aromatic carbocycles. The summed E-state index contributed by atoms with van der Waals surface area (Å²) in [6.07, 6.45) is 2.04. The second kappa shape index (κ2) is 6.79. The Labute approximate surface area is 136 Å². The Morgan fingerprint density at radius 1 is 1.09 bits per heavy atom. The monoisotopic (exact) mass is 309 g/mol. The lowest BCUT2D eigenvalue weighted by molar-refractivity contribution is 0.773. The first-order valence-corrected chi connectivity index (χ1v) is 8.07. The van der Waals surface area contributed by atoms with Crippen molar-refractivity contribution in [2.45, 2.75) is 26.7 Å². The van der Waals surface area contributed by atoms with E-state index in [2.05, 4.69) is 24.1 Å². The zero-order chi connectivity index (χ0) is 16.2. The number of aromatic nitrogens is 3. The summed E-state index contributed by atoms with van der Waals surface area (Å²) < 4.78 is 0. The third-order valence-electron chi connectivity index (χ3n) is 4.11. The normalized spacial score (nSPS) is 11.1. The number of hydrogen-bond acceptors (Lipinski definition) is 4. The number of nitrogens with two attached hydrogens (primary N) is 1. The van der Waals surface area contributed by atoms with Gasteiger partial charge in [0.15, 0.2) is 5.82 Å². The van der Waals surface area contributed by atoms with Crippen LogP contribution in [0.1, 0.15) is 24.1 Å². The van der Waals surface area contributed by atoms with Gasteiger partial charge in [0.25, 0.3) is 0 Å². The molecule has 2 heterocycles. The fraction of sp³-hybridized carbons (Fsp3) is 0.333. The van der Waals surface area contributed by atoms with Crippen molar-refractivity contribution in [1.82, 2.24) is 15.0 Å². The molecule has 120 valence electrons. The van der Waals surface area contributed by atoms with Gasteiger partial charge in [-0.15, -0.1) is 0 Å². The fourth-order valence-corrected chi connectivity index (χ4v) is 2.69. The lowest BCUT2D eigenvalue weighted by atomic mass is 10.2. The summed E-state index contributed by atoms with van der Waals surface area (Å²) in [6.45, 7) is 5.75. The summed E-state index contributed by atoms with van der Waals surface area (Å²) in [5.41, 5.74) is 9.79. The first-order chi connectivity index (χ1) is 11.2. The minimum atomic E-state index is 0.721. The van der Waals surface area contributed by atoms with Crippen molar-refractivity contribution < 1.29 is 0 Å². The van der Waals surface area contributed by atoms with Crippen LogP contribution in [0.15, 0.2) is 30.3 Å². The number of anilines is 1. The van der Waals surface area contributed by atoms with Crippen LogP contribution in [0.25, 0.3) is 22.4 Å². The van der Waals surface area contributed by atoms with Crippen LogP contribution >= 0.6 is 0 Å². The minimum Gasteiger partial charge on any atom is -0.369 e. The Bertz CT molecular complexity index is 792. The molecule has 0 aliphatic heterocycles. The van der Waals surface area contributed by atoms with Crippen molar-refractivity contribution in [1.29, 1.82) is 0 Å². The van der Waals surface area contributed by atoms with Gasteiger partial charge >= 0.3 is 0 Å². The van der Waals surface area contributed by atoms with Crippen LogP contribution in [0, 0.1) is 13.8 Å². The van der Waals surface area contributed by atoms with Crippen molar-refractivity contribution in [2.75, 3.05) is 18.4 Å². The van der Waals surface area contributed by atoms with E-state index >= 15 is 0 Å². The van der Waals surface area contributed by atoms with Crippen molar-refractivity contribution in [2.24, 2.45) is 5.73 Å². The highest BCUT2D eigenvalue weighted by molar-refractivity contribution is 5.92. The van der Waals surface area contributed by atoms with Crippen LogP contribution in [0.3, 0.4) is 0 Å². The number of unbranched alkanes of at least 4 members (excludes halogenated alkanes) is 1. The molecular formula is C18H23N5. The summed E-state index contributed by atoms with van der Waals surface area (Å²) in [7, 11) is 0. The number of fused-ring (bicyclic) bond motifs is 1. The average Bonchev–Trinajstić information content (AvgIpc) is 2.87. The summed E-state index contributed by atoms with van der Waals surface area (Å²) in [5.74, 6) is 1.63. The van der Waals surface area contributed by atoms with E-state index in [9.17, 15) is 0 Å². The molecule has 4 N–H and O–H groups in total. The van der Waals surface area contributed by atoms with Crippen LogP contribution < -0.4 is 11.1 Å². The zero-order valence-electron chi connectivity index (χ0n) is 13.7. The summed E-state index contributed by atoms with van der Waals surface area (Å²) in [6, 6.07) is 10.1. The first-order valence-electron chi connectivity index (χ1n) is 8.07. The molecule has 5 heteroatoms. The van der Waals surface area contributed by atoms with Crippen LogP contribution in [0.2, 0.25) is 0 Å². The molecule has 0 aliphatic rings. The van der Waals surface area contributed by atoms with E-state index in [4.69, 9.17) is 15.7 Å². The Kier molecular flexibility index (Phi) is 4.57. The zero-order valence-corrected chi connectivity index (χ0v) is 13.7. The number of H-pyrrole nitrogens is 1. The second-order valence-corrected chi connectivity index (χ2v) is 5.78. The van der Waals surface area contributed by atoms with Gasteiger partial charge in [0.1, 0.15) is 11.5 Å². The molecule has 0 bridgehead atoms. The molecule has 3 rings (SSSR count). The fourth-order valence-electron chi connectivity index (χ4n) is 2.69. The molecule has 5 nitrogen and oxygen atoms in total. The van der Waals surface area contributed by atoms with Crippen molar-refractivity contribution >= 4 is 16.9 Å². The van der Waals surface area contributed by atoms with Crippen LogP contribution in [-0.4, -0.2) is 28.0 Å². The van der Waals surface area contributed by atoms with E-state index in [1.807, 2.05) is 30.3 Å². The standard InChI is InChI=1S/C18H23N5/c1-12-13(2)21-18-15(12)17(20-11-7-6-10-19)22-16(23-18)14-8-4-3-5-9-14/h3-5,8-9H,6-7,10-11,19H2,1-2H3,(H2,20,21,22,23). The molecule has 0 saturated heterocycles. The smallest absolute Gasteiger partial charge is 0.163 e. The van der Waals surface area contributed by atoms with Gasteiger partial charge in [-0.3, -0.25) is 0 Å². The Hall–Kier alpha value is -2.40. The SMILES string of the molecule is Cc1[nH]c2nc(-c3ccccc3)nc(NCCCCN)c2c1C. The Morgan fingerprint density at radius 3 is 2.61 bits per heavy atom. The van der Waals surface area contributed by atoms with Gasteiger partial charge in [-0.2, -0.15) is 0 Å². The van der Waals surface area contributed by atoms with E-state index in [0.717, 1.165) is 59.9 Å². The number of nitrogens with zero attached hydrogens (tertiary/aromatic N) is 2. The number of benzene rings is 1. The molecule has 0 aliphatic carbocycles. The molecule has 0 radical (unpaired) electrons. The highest BCUT2D eigenvalue weighted by atomic mass is 15.1. The van der Waals surface area contributed by atoms with Gasteiger partial charge in [-0.05, 0) is 38.8 Å². The quantitative estimate of drug-likeness (QED) is 0.610. The van der Waals surface area contributed by atoms with Gasteiger partial charge in [0, 0.05) is 17.8 Å². The molecular weight excluding hydrogens is 286 g/mol. The van der Waals surface area contributed by atoms with Gasteiger partial charge < -0.3 is 16.0 Å².